The fourth-order valence-corrected chi connectivity index (χ4v) is 4.66. The molecule has 1 atom stereocenters. The molecule has 2 aromatic rings. The number of nitrogens with zero attached hydrogens (tertiary/aromatic N) is 3. The van der Waals surface area contributed by atoms with Gasteiger partial charge in [0.15, 0.2) is 0 Å². The van der Waals surface area contributed by atoms with Crippen molar-refractivity contribution in [3.05, 3.63) is 59.9 Å². The summed E-state index contributed by atoms with van der Waals surface area (Å²) in [6.07, 6.45) is 4.54. The molecule has 0 saturated carbocycles. The second-order valence-corrected chi connectivity index (χ2v) is 8.83. The molecule has 1 spiro atoms. The zero-order valence-electron chi connectivity index (χ0n) is 18.4. The van der Waals surface area contributed by atoms with E-state index in [9.17, 15) is 9.59 Å². The number of Topliss-reactive ketones (excluding diaryl/α,β-unsaturated/α-hetero) is 1. The molecule has 0 aliphatic carbocycles. The lowest BCUT2D eigenvalue weighted by Crippen LogP contribution is -2.61. The molecule has 0 radical (unpaired) electrons. The SMILES string of the molecule is CC(=O)Cc1cc(CCN2CCC3(CC2)CN(c2ccccc2)C(=O)C(C)O3)ccn1. The summed E-state index contributed by atoms with van der Waals surface area (Å²) in [4.78, 5) is 32.7. The Hall–Kier alpha value is -2.57. The summed E-state index contributed by atoms with van der Waals surface area (Å²) < 4.78 is 6.28. The first-order valence-corrected chi connectivity index (χ1v) is 11.1. The third-order valence-electron chi connectivity index (χ3n) is 6.35. The Morgan fingerprint density at radius 2 is 1.94 bits per heavy atom. The van der Waals surface area contributed by atoms with Crippen LogP contribution in [0.2, 0.25) is 0 Å². The number of rotatable bonds is 6. The molecule has 4 rings (SSSR count). The van der Waals surface area contributed by atoms with Crippen molar-refractivity contribution < 1.29 is 14.3 Å². The van der Waals surface area contributed by atoms with Gasteiger partial charge in [-0.15, -0.1) is 0 Å². The largest absolute Gasteiger partial charge is 0.360 e. The Morgan fingerprint density at radius 3 is 2.65 bits per heavy atom. The zero-order valence-corrected chi connectivity index (χ0v) is 18.4. The van der Waals surface area contributed by atoms with Crippen LogP contribution in [0.25, 0.3) is 0 Å². The van der Waals surface area contributed by atoms with Gasteiger partial charge in [0.05, 0.1) is 12.1 Å². The highest BCUT2D eigenvalue weighted by Gasteiger charge is 2.45. The Kier molecular flexibility index (Phi) is 6.49. The van der Waals surface area contributed by atoms with E-state index >= 15 is 0 Å². The normalized spacial score (nSPS) is 21.4. The van der Waals surface area contributed by atoms with E-state index < -0.39 is 6.10 Å². The number of likely N-dealkylation sites (tertiary alicyclic amines) is 1. The summed E-state index contributed by atoms with van der Waals surface area (Å²) in [5.41, 5.74) is 2.74. The van der Waals surface area contributed by atoms with Crippen LogP contribution in [0.5, 0.6) is 0 Å². The number of carbonyl (C=O) groups excluding carboxylic acids is 2. The van der Waals surface area contributed by atoms with Gasteiger partial charge in [-0.3, -0.25) is 14.6 Å². The minimum Gasteiger partial charge on any atom is -0.360 e. The van der Waals surface area contributed by atoms with Crippen LogP contribution in [0.15, 0.2) is 48.7 Å². The van der Waals surface area contributed by atoms with Gasteiger partial charge in [0.1, 0.15) is 11.9 Å². The Balaban J connectivity index is 1.34. The number of aromatic nitrogens is 1. The lowest BCUT2D eigenvalue weighted by molar-refractivity contribution is -0.161. The standard InChI is InChI=1S/C25H31N3O3/c1-19(29)16-22-17-21(8-12-26-22)9-13-27-14-10-25(11-15-27)18-28(24(30)20(2)31-25)23-6-4-3-5-7-23/h3-8,12,17,20H,9-11,13-16,18H2,1-2H3. The highest BCUT2D eigenvalue weighted by Crippen LogP contribution is 2.35. The van der Waals surface area contributed by atoms with E-state index in [0.29, 0.717) is 13.0 Å². The maximum atomic E-state index is 12.7. The summed E-state index contributed by atoms with van der Waals surface area (Å²) in [7, 11) is 0. The van der Waals surface area contributed by atoms with Crippen LogP contribution in [0.3, 0.4) is 0 Å². The smallest absolute Gasteiger partial charge is 0.255 e. The number of carbonyl (C=O) groups is 2. The lowest BCUT2D eigenvalue weighted by Gasteiger charge is -2.49. The van der Waals surface area contributed by atoms with Crippen molar-refractivity contribution in [2.75, 3.05) is 31.1 Å². The number of hydrogen-bond donors (Lipinski definition) is 0. The summed E-state index contributed by atoms with van der Waals surface area (Å²) in [5, 5.41) is 0. The number of anilines is 1. The third kappa shape index (κ3) is 5.20. The van der Waals surface area contributed by atoms with E-state index in [1.165, 1.54) is 5.56 Å². The average Bonchev–Trinajstić information content (AvgIpc) is 2.76. The van der Waals surface area contributed by atoms with Gasteiger partial charge in [-0.05, 0) is 62.9 Å². The Bertz CT molecular complexity index is 923. The number of pyridine rings is 1. The molecule has 3 heterocycles. The van der Waals surface area contributed by atoms with Gasteiger partial charge in [0, 0.05) is 43.6 Å². The van der Waals surface area contributed by atoms with Gasteiger partial charge in [-0.1, -0.05) is 18.2 Å². The van der Waals surface area contributed by atoms with Crippen molar-refractivity contribution in [1.82, 2.24) is 9.88 Å². The van der Waals surface area contributed by atoms with Crippen LogP contribution in [0.1, 0.15) is 37.9 Å². The zero-order chi connectivity index (χ0) is 21.8. The van der Waals surface area contributed by atoms with Crippen molar-refractivity contribution in [3.63, 3.8) is 0 Å². The van der Waals surface area contributed by atoms with Crippen LogP contribution in [0.4, 0.5) is 5.69 Å². The number of amides is 1. The lowest BCUT2D eigenvalue weighted by atomic mass is 9.88. The molecular weight excluding hydrogens is 390 g/mol. The van der Waals surface area contributed by atoms with Gasteiger partial charge in [0.25, 0.3) is 5.91 Å². The summed E-state index contributed by atoms with van der Waals surface area (Å²) >= 11 is 0. The highest BCUT2D eigenvalue weighted by molar-refractivity contribution is 5.97. The molecule has 2 fully saturated rings. The second kappa shape index (κ2) is 9.28. The molecule has 1 aromatic heterocycles. The number of piperidine rings is 1. The summed E-state index contributed by atoms with van der Waals surface area (Å²) in [6.45, 7) is 6.96. The Labute approximate surface area is 184 Å². The number of ether oxygens (including phenoxy) is 1. The minimum atomic E-state index is -0.419. The molecule has 164 valence electrons. The van der Waals surface area contributed by atoms with Crippen LogP contribution in [-0.4, -0.2) is 59.5 Å². The average molecular weight is 422 g/mol. The maximum absolute atomic E-state index is 12.7. The van der Waals surface area contributed by atoms with Crippen molar-refractivity contribution in [1.29, 1.82) is 0 Å². The van der Waals surface area contributed by atoms with Crippen molar-refractivity contribution >= 4 is 17.4 Å². The maximum Gasteiger partial charge on any atom is 0.255 e. The summed E-state index contributed by atoms with van der Waals surface area (Å²) in [5.74, 6) is 0.175. The molecule has 1 aromatic carbocycles. The van der Waals surface area contributed by atoms with Crippen molar-refractivity contribution in [2.24, 2.45) is 0 Å². The molecule has 0 N–H and O–H groups in total. The number of para-hydroxylation sites is 1. The topological polar surface area (TPSA) is 62.7 Å². The first-order chi connectivity index (χ1) is 14.9. The monoisotopic (exact) mass is 421 g/mol. The fourth-order valence-electron chi connectivity index (χ4n) is 4.66. The molecule has 2 aliphatic rings. The van der Waals surface area contributed by atoms with Gasteiger partial charge in [-0.25, -0.2) is 0 Å². The molecule has 31 heavy (non-hydrogen) atoms. The first-order valence-electron chi connectivity index (χ1n) is 11.1. The van der Waals surface area contributed by atoms with Gasteiger partial charge in [0.2, 0.25) is 0 Å². The van der Waals surface area contributed by atoms with E-state index in [0.717, 1.165) is 50.3 Å². The number of benzene rings is 1. The van der Waals surface area contributed by atoms with E-state index in [4.69, 9.17) is 4.74 Å². The van der Waals surface area contributed by atoms with Crippen molar-refractivity contribution in [3.8, 4) is 0 Å². The number of morpholine rings is 1. The van der Waals surface area contributed by atoms with E-state index in [2.05, 4.69) is 9.88 Å². The second-order valence-electron chi connectivity index (χ2n) is 8.83. The fraction of sp³-hybridized carbons (Fsp3) is 0.480. The highest BCUT2D eigenvalue weighted by atomic mass is 16.5. The predicted octanol–water partition coefficient (Wildman–Crippen LogP) is 3.04. The molecule has 2 saturated heterocycles. The van der Waals surface area contributed by atoms with Crippen LogP contribution >= 0.6 is 0 Å². The number of ketones is 1. The minimum absolute atomic E-state index is 0.0401. The van der Waals surface area contributed by atoms with Crippen molar-refractivity contribution in [2.45, 2.75) is 51.2 Å². The summed E-state index contributed by atoms with van der Waals surface area (Å²) in [6, 6.07) is 14.0. The molecule has 1 amide bonds. The quantitative estimate of drug-likeness (QED) is 0.717. The van der Waals surface area contributed by atoms with E-state index in [1.807, 2.05) is 54.3 Å². The molecular formula is C25H31N3O3. The van der Waals surface area contributed by atoms with Gasteiger partial charge in [-0.2, -0.15) is 0 Å². The molecule has 6 heteroatoms. The molecule has 2 aliphatic heterocycles. The van der Waals surface area contributed by atoms with Crippen LogP contribution < -0.4 is 4.90 Å². The molecule has 6 nitrogen and oxygen atoms in total. The van der Waals surface area contributed by atoms with Crippen LogP contribution in [-0.2, 0) is 27.2 Å². The third-order valence-corrected chi connectivity index (χ3v) is 6.35. The molecule has 0 bridgehead atoms. The first kappa shape index (κ1) is 21.7. The van der Waals surface area contributed by atoms with E-state index in [-0.39, 0.29) is 17.3 Å². The molecule has 1 unspecified atom stereocenters. The van der Waals surface area contributed by atoms with E-state index in [1.54, 1.807) is 13.1 Å². The van der Waals surface area contributed by atoms with Gasteiger partial charge >= 0.3 is 0 Å². The predicted molar refractivity (Wildman–Crippen MR) is 120 cm³/mol. The van der Waals surface area contributed by atoms with Crippen LogP contribution in [0, 0.1) is 0 Å². The van der Waals surface area contributed by atoms with Gasteiger partial charge < -0.3 is 14.5 Å². The number of hydrogen-bond acceptors (Lipinski definition) is 5. The Morgan fingerprint density at radius 1 is 1.19 bits per heavy atom.